The maximum absolute atomic E-state index is 12.9. The second kappa shape index (κ2) is 14.3. The number of aryl methyl sites for hydroxylation is 1. The van der Waals surface area contributed by atoms with Gasteiger partial charge in [0.1, 0.15) is 6.04 Å². The number of nitrogens with zero attached hydrogens (tertiary/aromatic N) is 1. The van der Waals surface area contributed by atoms with Gasteiger partial charge in [0.2, 0.25) is 0 Å². The van der Waals surface area contributed by atoms with Gasteiger partial charge >= 0.3 is 5.97 Å². The number of ether oxygens (including phenoxy) is 1. The smallest absolute Gasteiger partial charge is 0.328 e. The standard InChI is InChI=1S/C34H42N4O6S/c1-23(2)31(33(41)44-5)36-32(40)26-14-15-29-24(20-26)16-18-38(29)19-17-34(3,4)35-22-30(39)25-10-9-11-27(21-25)37-45(42,43)28-12-7-6-8-13-28/h6-16,18,20-21,23,30-31,35,37,39H,17,19,22H2,1-5H3,(H,36,40)/t30-,31-/m0/s1. The Morgan fingerprint density at radius 3 is 2.40 bits per heavy atom. The summed E-state index contributed by atoms with van der Waals surface area (Å²) in [4.78, 5) is 25.1. The van der Waals surface area contributed by atoms with Crippen LogP contribution < -0.4 is 15.4 Å². The van der Waals surface area contributed by atoms with E-state index in [1.54, 1.807) is 48.5 Å². The molecule has 0 spiro atoms. The Bertz CT molecular complexity index is 1730. The summed E-state index contributed by atoms with van der Waals surface area (Å²) in [5.41, 5.74) is 2.07. The van der Waals surface area contributed by atoms with Gasteiger partial charge < -0.3 is 25.0 Å². The molecule has 0 fully saturated rings. The number of hydrogen-bond donors (Lipinski definition) is 4. The number of β-amino-alcohol motifs (C(OH)–C–C–N with tert-alkyl or cyclic N) is 1. The van der Waals surface area contributed by atoms with Crippen molar-refractivity contribution < 1.29 is 27.9 Å². The number of aliphatic hydroxyl groups excluding tert-OH is 1. The molecule has 2 atom stereocenters. The summed E-state index contributed by atoms with van der Waals surface area (Å²) in [5, 5.41) is 18.0. The van der Waals surface area contributed by atoms with Gasteiger partial charge in [-0.2, -0.15) is 0 Å². The number of sulfonamides is 1. The number of methoxy groups -OCH3 is 1. The lowest BCUT2D eigenvalue weighted by Crippen LogP contribution is -2.45. The molecule has 0 radical (unpaired) electrons. The first-order chi connectivity index (χ1) is 21.3. The Balaban J connectivity index is 1.34. The van der Waals surface area contributed by atoms with E-state index in [1.807, 2.05) is 38.2 Å². The molecule has 4 N–H and O–H groups in total. The lowest BCUT2D eigenvalue weighted by Gasteiger charge is -2.28. The monoisotopic (exact) mass is 634 g/mol. The van der Waals surface area contributed by atoms with E-state index in [0.717, 1.165) is 17.3 Å². The molecule has 4 aromatic rings. The van der Waals surface area contributed by atoms with Gasteiger partial charge in [-0.3, -0.25) is 9.52 Å². The molecule has 0 saturated heterocycles. The molecule has 0 saturated carbocycles. The molecule has 4 rings (SSSR count). The van der Waals surface area contributed by atoms with Crippen molar-refractivity contribution >= 4 is 38.5 Å². The Hall–Kier alpha value is -4.19. The Kier molecular flexibility index (Phi) is 10.7. The number of benzene rings is 3. The van der Waals surface area contributed by atoms with Gasteiger partial charge in [0.05, 0.1) is 18.1 Å². The molecular weight excluding hydrogens is 592 g/mol. The average molecular weight is 635 g/mol. The third kappa shape index (κ3) is 8.72. The normalized spacial score (nSPS) is 13.4. The van der Waals surface area contributed by atoms with E-state index in [2.05, 4.69) is 33.8 Å². The second-order valence-corrected chi connectivity index (χ2v) is 13.8. The van der Waals surface area contributed by atoms with E-state index >= 15 is 0 Å². The van der Waals surface area contributed by atoms with Crippen molar-refractivity contribution in [1.29, 1.82) is 0 Å². The van der Waals surface area contributed by atoms with Crippen LogP contribution in [0, 0.1) is 5.92 Å². The third-order valence-electron chi connectivity index (χ3n) is 7.77. The van der Waals surface area contributed by atoms with Gasteiger partial charge in [-0.05, 0) is 80.3 Å². The van der Waals surface area contributed by atoms with Crippen molar-refractivity contribution in [2.75, 3.05) is 18.4 Å². The highest BCUT2D eigenvalue weighted by atomic mass is 32.2. The van der Waals surface area contributed by atoms with E-state index in [0.29, 0.717) is 23.4 Å². The molecule has 1 amide bonds. The maximum atomic E-state index is 12.9. The summed E-state index contributed by atoms with van der Waals surface area (Å²) in [7, 11) is -2.44. The number of carbonyl (C=O) groups is 2. The average Bonchev–Trinajstić information content (AvgIpc) is 3.43. The Morgan fingerprint density at radius 1 is 0.978 bits per heavy atom. The highest BCUT2D eigenvalue weighted by Crippen LogP contribution is 2.23. The molecule has 1 heterocycles. The fourth-order valence-corrected chi connectivity index (χ4v) is 6.06. The van der Waals surface area contributed by atoms with Crippen LogP contribution in [0.1, 0.15) is 56.1 Å². The van der Waals surface area contributed by atoms with Crippen LogP contribution in [0.4, 0.5) is 5.69 Å². The first-order valence-corrected chi connectivity index (χ1v) is 16.4. The van der Waals surface area contributed by atoms with Gasteiger partial charge in [-0.15, -0.1) is 0 Å². The van der Waals surface area contributed by atoms with Crippen LogP contribution in [-0.2, 0) is 26.1 Å². The van der Waals surface area contributed by atoms with Crippen molar-refractivity contribution in [3.8, 4) is 0 Å². The van der Waals surface area contributed by atoms with Gasteiger partial charge in [0, 0.05) is 47.0 Å². The van der Waals surface area contributed by atoms with Gasteiger partial charge in [0.25, 0.3) is 15.9 Å². The third-order valence-corrected chi connectivity index (χ3v) is 9.17. The molecule has 0 aliphatic rings. The lowest BCUT2D eigenvalue weighted by atomic mass is 9.99. The van der Waals surface area contributed by atoms with Crippen LogP contribution >= 0.6 is 0 Å². The van der Waals surface area contributed by atoms with Crippen LogP contribution in [0.5, 0.6) is 0 Å². The van der Waals surface area contributed by atoms with Gasteiger partial charge in [-0.1, -0.05) is 44.2 Å². The van der Waals surface area contributed by atoms with Crippen LogP contribution in [0.2, 0.25) is 0 Å². The molecule has 0 bridgehead atoms. The molecule has 10 nitrogen and oxygen atoms in total. The van der Waals surface area contributed by atoms with Crippen molar-refractivity contribution in [1.82, 2.24) is 15.2 Å². The number of hydrogen-bond acceptors (Lipinski definition) is 7. The number of anilines is 1. The Labute approximate surface area is 264 Å². The minimum atomic E-state index is -3.74. The fourth-order valence-electron chi connectivity index (χ4n) is 4.99. The molecule has 0 unspecified atom stereocenters. The van der Waals surface area contributed by atoms with Crippen molar-refractivity contribution in [3.63, 3.8) is 0 Å². The summed E-state index contributed by atoms with van der Waals surface area (Å²) in [6.07, 6.45) is 1.87. The summed E-state index contributed by atoms with van der Waals surface area (Å²) >= 11 is 0. The molecule has 1 aromatic heterocycles. The molecular formula is C34H42N4O6S. The number of rotatable bonds is 14. The highest BCUT2D eigenvalue weighted by molar-refractivity contribution is 7.92. The van der Waals surface area contributed by atoms with E-state index in [-0.39, 0.29) is 28.8 Å². The number of esters is 1. The lowest BCUT2D eigenvalue weighted by molar-refractivity contribution is -0.144. The highest BCUT2D eigenvalue weighted by Gasteiger charge is 2.26. The van der Waals surface area contributed by atoms with E-state index in [9.17, 15) is 23.1 Å². The zero-order chi connectivity index (χ0) is 32.8. The van der Waals surface area contributed by atoms with Gasteiger partial charge in [0.15, 0.2) is 0 Å². The summed E-state index contributed by atoms with van der Waals surface area (Å²) in [6, 6.07) is 21.6. The number of aromatic nitrogens is 1. The van der Waals surface area contributed by atoms with Crippen molar-refractivity contribution in [2.45, 2.75) is 63.2 Å². The van der Waals surface area contributed by atoms with Crippen LogP contribution in [-0.4, -0.2) is 55.2 Å². The summed E-state index contributed by atoms with van der Waals surface area (Å²) in [6.45, 7) is 8.78. The summed E-state index contributed by atoms with van der Waals surface area (Å²) < 4.78 is 34.9. The minimum Gasteiger partial charge on any atom is -0.467 e. The van der Waals surface area contributed by atoms with Crippen molar-refractivity contribution in [2.24, 2.45) is 5.92 Å². The largest absolute Gasteiger partial charge is 0.467 e. The van der Waals surface area contributed by atoms with E-state index < -0.39 is 28.1 Å². The second-order valence-electron chi connectivity index (χ2n) is 12.1. The summed E-state index contributed by atoms with van der Waals surface area (Å²) in [5.74, 6) is -0.930. The first-order valence-electron chi connectivity index (χ1n) is 14.9. The predicted molar refractivity (Wildman–Crippen MR) is 175 cm³/mol. The minimum absolute atomic E-state index is 0.116. The quantitative estimate of drug-likeness (QED) is 0.145. The molecule has 11 heteroatoms. The topological polar surface area (TPSA) is 139 Å². The zero-order valence-electron chi connectivity index (χ0n) is 26.3. The molecule has 240 valence electrons. The molecule has 45 heavy (non-hydrogen) atoms. The molecule has 0 aliphatic carbocycles. The zero-order valence-corrected chi connectivity index (χ0v) is 27.1. The fraction of sp³-hybridized carbons (Fsp3) is 0.353. The van der Waals surface area contributed by atoms with Crippen LogP contribution in [0.3, 0.4) is 0 Å². The molecule has 0 aliphatic heterocycles. The van der Waals surface area contributed by atoms with E-state index in [1.165, 1.54) is 19.2 Å². The number of aliphatic hydroxyl groups is 1. The van der Waals surface area contributed by atoms with Crippen LogP contribution in [0.15, 0.2) is 90.0 Å². The number of nitrogens with one attached hydrogen (secondary N) is 3. The predicted octanol–water partition coefficient (Wildman–Crippen LogP) is 4.86. The van der Waals surface area contributed by atoms with Crippen molar-refractivity contribution in [3.05, 3.63) is 96.2 Å². The molecule has 3 aromatic carbocycles. The van der Waals surface area contributed by atoms with Crippen LogP contribution in [0.25, 0.3) is 10.9 Å². The SMILES string of the molecule is COC(=O)[C@@H](NC(=O)c1ccc2c(ccn2CCC(C)(C)NC[C@H](O)c2cccc(NS(=O)(=O)c3ccccc3)c2)c1)C(C)C. The number of carbonyl (C=O) groups excluding carboxylic acids is 2. The first kappa shape index (κ1) is 33.7. The van der Waals surface area contributed by atoms with E-state index in [4.69, 9.17) is 4.74 Å². The number of amides is 1. The Morgan fingerprint density at radius 2 is 1.71 bits per heavy atom. The number of fused-ring (bicyclic) bond motifs is 1. The maximum Gasteiger partial charge on any atom is 0.328 e. The van der Waals surface area contributed by atoms with Gasteiger partial charge in [-0.25, -0.2) is 13.2 Å².